The van der Waals surface area contributed by atoms with E-state index in [9.17, 15) is 4.79 Å². The largest absolute Gasteiger partial charge is 0.351 e. The van der Waals surface area contributed by atoms with Gasteiger partial charge in [0.1, 0.15) is 0 Å². The van der Waals surface area contributed by atoms with E-state index in [2.05, 4.69) is 25.6 Å². The number of pyridine rings is 2. The van der Waals surface area contributed by atoms with Gasteiger partial charge in [0.25, 0.3) is 5.56 Å². The molecule has 0 radical (unpaired) electrons. The van der Waals surface area contributed by atoms with Crippen molar-refractivity contribution in [3.8, 4) is 11.3 Å². The summed E-state index contributed by atoms with van der Waals surface area (Å²) in [7, 11) is 0. The van der Waals surface area contributed by atoms with Crippen molar-refractivity contribution in [2.24, 2.45) is 0 Å². The predicted octanol–water partition coefficient (Wildman–Crippen LogP) is 2.94. The van der Waals surface area contributed by atoms with Crippen LogP contribution in [0.4, 0.5) is 5.95 Å². The molecule has 1 fully saturated rings. The SMILES string of the molecule is O=c1ccc(-c2ccncc2)nn1C1CCC(Nc2nnc3ccccn23)CC1. The van der Waals surface area contributed by atoms with Gasteiger partial charge in [0.15, 0.2) is 5.65 Å². The van der Waals surface area contributed by atoms with Gasteiger partial charge in [-0.05, 0) is 56.0 Å². The Morgan fingerprint density at radius 3 is 2.59 bits per heavy atom. The maximum Gasteiger partial charge on any atom is 0.267 e. The lowest BCUT2D eigenvalue weighted by molar-refractivity contribution is 0.304. The fraction of sp³-hybridized carbons (Fsp3) is 0.286. The fourth-order valence-corrected chi connectivity index (χ4v) is 3.95. The Morgan fingerprint density at radius 2 is 1.76 bits per heavy atom. The Morgan fingerprint density at radius 1 is 0.931 bits per heavy atom. The van der Waals surface area contributed by atoms with Crippen molar-refractivity contribution < 1.29 is 0 Å². The molecule has 1 saturated carbocycles. The van der Waals surface area contributed by atoms with Gasteiger partial charge in [-0.25, -0.2) is 4.68 Å². The topological polar surface area (TPSA) is 90.0 Å². The average molecular weight is 387 g/mol. The van der Waals surface area contributed by atoms with Crippen LogP contribution in [-0.2, 0) is 0 Å². The molecule has 0 spiro atoms. The molecule has 8 heteroatoms. The lowest BCUT2D eigenvalue weighted by Gasteiger charge is -2.29. The van der Waals surface area contributed by atoms with Gasteiger partial charge < -0.3 is 5.32 Å². The van der Waals surface area contributed by atoms with Crippen LogP contribution in [0, 0.1) is 0 Å². The molecule has 0 unspecified atom stereocenters. The summed E-state index contributed by atoms with van der Waals surface area (Å²) < 4.78 is 3.61. The first kappa shape index (κ1) is 17.5. The monoisotopic (exact) mass is 387 g/mol. The normalized spacial score (nSPS) is 19.3. The molecule has 1 aliphatic rings. The van der Waals surface area contributed by atoms with Gasteiger partial charge in [0, 0.05) is 36.3 Å². The highest BCUT2D eigenvalue weighted by Gasteiger charge is 2.25. The van der Waals surface area contributed by atoms with Gasteiger partial charge in [0.05, 0.1) is 11.7 Å². The van der Waals surface area contributed by atoms with Crippen LogP contribution in [0.25, 0.3) is 16.9 Å². The molecule has 4 aromatic rings. The summed E-state index contributed by atoms with van der Waals surface area (Å²) in [5.74, 6) is 0.763. The van der Waals surface area contributed by atoms with Crippen LogP contribution in [0.15, 0.2) is 65.8 Å². The first-order valence-electron chi connectivity index (χ1n) is 9.84. The van der Waals surface area contributed by atoms with Crippen molar-refractivity contribution in [2.75, 3.05) is 5.32 Å². The molecular formula is C21H21N7O. The molecule has 5 rings (SSSR count). The standard InChI is InChI=1S/C21H21N7O/c29-20-9-8-18(15-10-12-22-13-11-15)26-28(20)17-6-4-16(5-7-17)23-21-25-24-19-3-1-2-14-27(19)21/h1-3,8-14,16-17H,4-7H2,(H,23,25). The minimum Gasteiger partial charge on any atom is -0.351 e. The minimum absolute atomic E-state index is 0.0531. The zero-order chi connectivity index (χ0) is 19.6. The Balaban J connectivity index is 1.30. The summed E-state index contributed by atoms with van der Waals surface area (Å²) in [4.78, 5) is 16.5. The highest BCUT2D eigenvalue weighted by atomic mass is 16.1. The van der Waals surface area contributed by atoms with Crippen molar-refractivity contribution in [1.82, 2.24) is 29.4 Å². The molecule has 0 aliphatic heterocycles. The molecule has 1 aliphatic carbocycles. The minimum atomic E-state index is -0.0531. The summed E-state index contributed by atoms with van der Waals surface area (Å²) >= 11 is 0. The Kier molecular flexibility index (Phi) is 4.51. The van der Waals surface area contributed by atoms with E-state index in [0.717, 1.165) is 48.5 Å². The van der Waals surface area contributed by atoms with E-state index in [-0.39, 0.29) is 11.6 Å². The number of aromatic nitrogens is 6. The van der Waals surface area contributed by atoms with Crippen LogP contribution < -0.4 is 10.9 Å². The van der Waals surface area contributed by atoms with E-state index in [4.69, 9.17) is 0 Å². The van der Waals surface area contributed by atoms with Gasteiger partial charge >= 0.3 is 0 Å². The molecule has 8 nitrogen and oxygen atoms in total. The highest BCUT2D eigenvalue weighted by Crippen LogP contribution is 2.29. The summed E-state index contributed by atoms with van der Waals surface area (Å²) in [5, 5.41) is 16.6. The maximum atomic E-state index is 12.4. The average Bonchev–Trinajstić information content (AvgIpc) is 3.18. The number of hydrogen-bond acceptors (Lipinski definition) is 6. The molecule has 146 valence electrons. The molecular weight excluding hydrogens is 366 g/mol. The number of anilines is 1. The number of rotatable bonds is 4. The Hall–Kier alpha value is -3.55. The molecule has 0 bridgehead atoms. The predicted molar refractivity (Wildman–Crippen MR) is 110 cm³/mol. The van der Waals surface area contributed by atoms with Crippen LogP contribution in [0.1, 0.15) is 31.7 Å². The first-order valence-corrected chi connectivity index (χ1v) is 9.84. The second-order valence-electron chi connectivity index (χ2n) is 7.34. The smallest absolute Gasteiger partial charge is 0.267 e. The summed E-state index contributed by atoms with van der Waals surface area (Å²) in [5.41, 5.74) is 2.53. The molecule has 29 heavy (non-hydrogen) atoms. The summed E-state index contributed by atoms with van der Waals surface area (Å²) in [6.45, 7) is 0. The van der Waals surface area contributed by atoms with Crippen LogP contribution in [0.2, 0.25) is 0 Å². The fourth-order valence-electron chi connectivity index (χ4n) is 3.95. The summed E-state index contributed by atoms with van der Waals surface area (Å²) in [6.07, 6.45) is 9.09. The van der Waals surface area contributed by atoms with Crippen LogP contribution in [0.3, 0.4) is 0 Å². The van der Waals surface area contributed by atoms with Gasteiger partial charge in [-0.1, -0.05) is 6.07 Å². The van der Waals surface area contributed by atoms with E-state index in [1.807, 2.05) is 40.9 Å². The third-order valence-corrected chi connectivity index (χ3v) is 5.49. The molecule has 0 amide bonds. The second-order valence-corrected chi connectivity index (χ2v) is 7.34. The number of nitrogens with zero attached hydrogens (tertiary/aromatic N) is 6. The van der Waals surface area contributed by atoms with Gasteiger partial charge in [-0.3, -0.25) is 14.2 Å². The van der Waals surface area contributed by atoms with Crippen molar-refractivity contribution in [3.05, 3.63) is 71.4 Å². The van der Waals surface area contributed by atoms with Gasteiger partial charge in [0.2, 0.25) is 5.95 Å². The summed E-state index contributed by atoms with van der Waals surface area (Å²) in [6, 6.07) is 13.4. The van der Waals surface area contributed by atoms with Crippen molar-refractivity contribution in [1.29, 1.82) is 0 Å². The molecule has 0 atom stereocenters. The molecule has 0 aromatic carbocycles. The quantitative estimate of drug-likeness (QED) is 0.579. The van der Waals surface area contributed by atoms with E-state index < -0.39 is 0 Å². The molecule has 4 aromatic heterocycles. The third-order valence-electron chi connectivity index (χ3n) is 5.49. The number of fused-ring (bicyclic) bond motifs is 1. The number of hydrogen-bond donors (Lipinski definition) is 1. The molecule has 0 saturated heterocycles. The van der Waals surface area contributed by atoms with Crippen molar-refractivity contribution >= 4 is 11.6 Å². The third kappa shape index (κ3) is 3.49. The van der Waals surface area contributed by atoms with Crippen LogP contribution in [-0.4, -0.2) is 35.4 Å². The lowest BCUT2D eigenvalue weighted by atomic mass is 9.91. The van der Waals surface area contributed by atoms with Gasteiger partial charge in [-0.15, -0.1) is 10.2 Å². The first-order chi connectivity index (χ1) is 14.3. The van der Waals surface area contributed by atoms with Crippen LogP contribution in [0.5, 0.6) is 0 Å². The Labute approximate surface area is 167 Å². The molecule has 1 N–H and O–H groups in total. The van der Waals surface area contributed by atoms with Gasteiger partial charge in [-0.2, -0.15) is 5.10 Å². The molecule has 4 heterocycles. The van der Waals surface area contributed by atoms with E-state index in [0.29, 0.717) is 6.04 Å². The maximum absolute atomic E-state index is 12.4. The Bertz CT molecular complexity index is 1180. The van der Waals surface area contributed by atoms with E-state index in [1.54, 1.807) is 29.2 Å². The zero-order valence-electron chi connectivity index (χ0n) is 15.8. The lowest BCUT2D eigenvalue weighted by Crippen LogP contribution is -2.33. The van der Waals surface area contributed by atoms with Crippen molar-refractivity contribution in [2.45, 2.75) is 37.8 Å². The van der Waals surface area contributed by atoms with Crippen LogP contribution >= 0.6 is 0 Å². The highest BCUT2D eigenvalue weighted by molar-refractivity contribution is 5.57. The number of nitrogens with one attached hydrogen (secondary N) is 1. The van der Waals surface area contributed by atoms with Crippen molar-refractivity contribution in [3.63, 3.8) is 0 Å². The zero-order valence-corrected chi connectivity index (χ0v) is 15.8. The van der Waals surface area contributed by atoms with E-state index >= 15 is 0 Å². The van der Waals surface area contributed by atoms with E-state index in [1.165, 1.54) is 0 Å². The second kappa shape index (κ2) is 7.46.